The van der Waals surface area contributed by atoms with Gasteiger partial charge >= 0.3 is 0 Å². The van der Waals surface area contributed by atoms with E-state index in [2.05, 4.69) is 37.3 Å². The number of unbranched alkanes of at least 4 members (excludes halogenated alkanes) is 2. The van der Waals surface area contributed by atoms with Crippen LogP contribution >= 0.6 is 0 Å². The first kappa shape index (κ1) is 13.0. The lowest BCUT2D eigenvalue weighted by atomic mass is 9.98. The van der Waals surface area contributed by atoms with Gasteiger partial charge in [-0.3, -0.25) is 0 Å². The van der Waals surface area contributed by atoms with Crippen molar-refractivity contribution in [2.24, 2.45) is 0 Å². The second kappa shape index (κ2) is 5.54. The maximum atomic E-state index is 10.4. The Bertz CT molecular complexity index is 743. The van der Waals surface area contributed by atoms with Crippen LogP contribution in [0.25, 0.3) is 21.5 Å². The Balaban J connectivity index is 2.07. The lowest BCUT2D eigenvalue weighted by Gasteiger charge is -2.08. The molecule has 0 spiro atoms. The fraction of sp³-hybridized carbons (Fsp3) is 0.263. The number of benzene rings is 3. The van der Waals surface area contributed by atoms with Gasteiger partial charge in [0.25, 0.3) is 0 Å². The smallest absolute Gasteiger partial charge is 0.131 e. The summed E-state index contributed by atoms with van der Waals surface area (Å²) in [6, 6.07) is 16.6. The normalized spacial score (nSPS) is 11.2. The molecule has 0 aliphatic heterocycles. The van der Waals surface area contributed by atoms with Gasteiger partial charge in [-0.25, -0.2) is 0 Å². The molecule has 0 heterocycles. The number of hydrogen-bond acceptors (Lipinski definition) is 1. The molecule has 0 aliphatic carbocycles. The Morgan fingerprint density at radius 2 is 1.65 bits per heavy atom. The largest absolute Gasteiger partial charge is 0.507 e. The summed E-state index contributed by atoms with van der Waals surface area (Å²) in [7, 11) is 0. The molecule has 0 aliphatic rings. The average molecular weight is 264 g/mol. The van der Waals surface area contributed by atoms with E-state index in [1.807, 2.05) is 18.2 Å². The zero-order valence-electron chi connectivity index (χ0n) is 11.9. The molecular formula is C19H20O. The van der Waals surface area contributed by atoms with Crippen LogP contribution in [-0.4, -0.2) is 5.11 Å². The van der Waals surface area contributed by atoms with Gasteiger partial charge in [-0.15, -0.1) is 0 Å². The molecule has 0 saturated carbocycles. The van der Waals surface area contributed by atoms with Gasteiger partial charge in [0, 0.05) is 10.8 Å². The zero-order chi connectivity index (χ0) is 13.9. The molecule has 3 aromatic rings. The molecule has 20 heavy (non-hydrogen) atoms. The molecule has 0 amide bonds. The van der Waals surface area contributed by atoms with Crippen LogP contribution in [0.15, 0.2) is 48.5 Å². The van der Waals surface area contributed by atoms with E-state index in [9.17, 15) is 5.11 Å². The minimum absolute atomic E-state index is 0.401. The lowest BCUT2D eigenvalue weighted by Crippen LogP contribution is -1.86. The van der Waals surface area contributed by atoms with E-state index in [4.69, 9.17) is 0 Å². The highest BCUT2D eigenvalue weighted by Crippen LogP contribution is 2.34. The van der Waals surface area contributed by atoms with Crippen molar-refractivity contribution >= 4 is 21.5 Å². The molecule has 0 aromatic heterocycles. The highest BCUT2D eigenvalue weighted by molar-refractivity contribution is 6.05. The Morgan fingerprint density at radius 3 is 2.50 bits per heavy atom. The zero-order valence-corrected chi connectivity index (χ0v) is 11.9. The Labute approximate surface area is 119 Å². The molecule has 0 atom stereocenters. The van der Waals surface area contributed by atoms with E-state index in [0.717, 1.165) is 28.0 Å². The van der Waals surface area contributed by atoms with Crippen molar-refractivity contribution in [2.45, 2.75) is 32.6 Å². The summed E-state index contributed by atoms with van der Waals surface area (Å²) in [6.45, 7) is 2.23. The SMILES string of the molecule is CCCCCc1ccc2c(O)c3ccccc3cc2c1. The van der Waals surface area contributed by atoms with Crippen LogP contribution in [0, 0.1) is 0 Å². The van der Waals surface area contributed by atoms with E-state index in [0.29, 0.717) is 5.75 Å². The first-order valence-corrected chi connectivity index (χ1v) is 7.43. The molecule has 3 rings (SSSR count). The second-order valence-electron chi connectivity index (χ2n) is 5.46. The molecule has 3 aromatic carbocycles. The number of phenols is 1. The molecule has 1 heteroatoms. The summed E-state index contributed by atoms with van der Waals surface area (Å²) >= 11 is 0. The van der Waals surface area contributed by atoms with Crippen molar-refractivity contribution in [3.05, 3.63) is 54.1 Å². The first-order valence-electron chi connectivity index (χ1n) is 7.43. The quantitative estimate of drug-likeness (QED) is 0.492. The number of aromatic hydroxyl groups is 1. The standard InChI is InChI=1S/C19H20O/c1-2-3-4-7-14-10-11-18-16(12-14)13-15-8-5-6-9-17(15)19(18)20/h5-6,8-13,20H,2-4,7H2,1H3. The highest BCUT2D eigenvalue weighted by atomic mass is 16.3. The van der Waals surface area contributed by atoms with Crippen molar-refractivity contribution in [3.63, 3.8) is 0 Å². The van der Waals surface area contributed by atoms with Gasteiger partial charge in [0.1, 0.15) is 5.75 Å². The van der Waals surface area contributed by atoms with E-state index in [1.54, 1.807) is 0 Å². The Hall–Kier alpha value is -2.02. The van der Waals surface area contributed by atoms with Crippen LogP contribution < -0.4 is 0 Å². The van der Waals surface area contributed by atoms with Crippen molar-refractivity contribution < 1.29 is 5.11 Å². The summed E-state index contributed by atoms with van der Waals surface area (Å²) in [5.41, 5.74) is 1.36. The van der Waals surface area contributed by atoms with E-state index in [1.165, 1.54) is 24.8 Å². The average Bonchev–Trinajstić information content (AvgIpc) is 2.48. The van der Waals surface area contributed by atoms with Crippen molar-refractivity contribution in [2.75, 3.05) is 0 Å². The summed E-state index contributed by atoms with van der Waals surface area (Å²) in [5.74, 6) is 0.401. The molecule has 0 bridgehead atoms. The monoisotopic (exact) mass is 264 g/mol. The molecule has 0 radical (unpaired) electrons. The van der Waals surface area contributed by atoms with Gasteiger partial charge in [-0.1, -0.05) is 62.2 Å². The Kier molecular flexibility index (Phi) is 3.60. The van der Waals surface area contributed by atoms with Crippen LogP contribution in [-0.2, 0) is 6.42 Å². The van der Waals surface area contributed by atoms with Gasteiger partial charge in [0.15, 0.2) is 0 Å². The molecule has 0 saturated heterocycles. The fourth-order valence-electron chi connectivity index (χ4n) is 2.83. The lowest BCUT2D eigenvalue weighted by molar-refractivity contribution is 0.488. The summed E-state index contributed by atoms with van der Waals surface area (Å²) in [5, 5.41) is 14.5. The maximum absolute atomic E-state index is 10.4. The number of rotatable bonds is 4. The summed E-state index contributed by atoms with van der Waals surface area (Å²) in [6.07, 6.45) is 4.89. The highest BCUT2D eigenvalue weighted by Gasteiger charge is 2.06. The van der Waals surface area contributed by atoms with E-state index in [-0.39, 0.29) is 0 Å². The predicted molar refractivity (Wildman–Crippen MR) is 86.3 cm³/mol. The molecule has 1 nitrogen and oxygen atoms in total. The van der Waals surface area contributed by atoms with Crippen molar-refractivity contribution in [1.82, 2.24) is 0 Å². The third-order valence-corrected chi connectivity index (χ3v) is 3.97. The van der Waals surface area contributed by atoms with Gasteiger partial charge < -0.3 is 5.11 Å². The number of aryl methyl sites for hydroxylation is 1. The molecule has 102 valence electrons. The fourth-order valence-corrected chi connectivity index (χ4v) is 2.83. The van der Waals surface area contributed by atoms with Crippen LogP contribution in [0.4, 0.5) is 0 Å². The van der Waals surface area contributed by atoms with Crippen molar-refractivity contribution in [1.29, 1.82) is 0 Å². The third kappa shape index (κ3) is 2.36. The molecular weight excluding hydrogens is 244 g/mol. The topological polar surface area (TPSA) is 20.2 Å². The number of phenolic OH excluding ortho intramolecular Hbond substituents is 1. The maximum Gasteiger partial charge on any atom is 0.131 e. The molecule has 1 N–H and O–H groups in total. The Morgan fingerprint density at radius 1 is 0.850 bits per heavy atom. The summed E-state index contributed by atoms with van der Waals surface area (Å²) < 4.78 is 0. The van der Waals surface area contributed by atoms with Crippen LogP contribution in [0.2, 0.25) is 0 Å². The van der Waals surface area contributed by atoms with Gasteiger partial charge in [-0.2, -0.15) is 0 Å². The minimum Gasteiger partial charge on any atom is -0.507 e. The van der Waals surface area contributed by atoms with Crippen LogP contribution in [0.3, 0.4) is 0 Å². The predicted octanol–water partition coefficient (Wildman–Crippen LogP) is 5.43. The second-order valence-corrected chi connectivity index (χ2v) is 5.46. The van der Waals surface area contributed by atoms with Gasteiger partial charge in [0.05, 0.1) is 0 Å². The van der Waals surface area contributed by atoms with E-state index < -0.39 is 0 Å². The number of fused-ring (bicyclic) bond motifs is 2. The van der Waals surface area contributed by atoms with Crippen LogP contribution in [0.5, 0.6) is 5.75 Å². The number of hydrogen-bond donors (Lipinski definition) is 1. The molecule has 0 unspecified atom stereocenters. The minimum atomic E-state index is 0.401. The third-order valence-electron chi connectivity index (χ3n) is 3.97. The van der Waals surface area contributed by atoms with Gasteiger partial charge in [-0.05, 0) is 35.2 Å². The first-order chi connectivity index (χ1) is 9.79. The van der Waals surface area contributed by atoms with Gasteiger partial charge in [0.2, 0.25) is 0 Å². The molecule has 0 fully saturated rings. The summed E-state index contributed by atoms with van der Waals surface area (Å²) in [4.78, 5) is 0. The van der Waals surface area contributed by atoms with Crippen LogP contribution in [0.1, 0.15) is 31.7 Å². The van der Waals surface area contributed by atoms with E-state index >= 15 is 0 Å². The van der Waals surface area contributed by atoms with Crippen molar-refractivity contribution in [3.8, 4) is 5.75 Å².